The van der Waals surface area contributed by atoms with Crippen molar-refractivity contribution in [1.29, 1.82) is 5.26 Å². The molecule has 0 rings (SSSR count). The molecule has 98 valence electrons. The molecule has 17 heavy (non-hydrogen) atoms. The van der Waals surface area contributed by atoms with Crippen LogP contribution in [0.3, 0.4) is 0 Å². The molecule has 0 amide bonds. The molecule has 0 saturated carbocycles. The molecular weight excluding hydrogens is 401 g/mol. The van der Waals surface area contributed by atoms with Crippen molar-refractivity contribution in [1.82, 2.24) is 0 Å². The number of rotatable bonds is 10. The Morgan fingerprint density at radius 3 is 1.53 bits per heavy atom. The Balaban J connectivity index is 4.78. The van der Waals surface area contributed by atoms with Gasteiger partial charge in [-0.1, -0.05) is 0 Å². The van der Waals surface area contributed by atoms with Gasteiger partial charge in [-0.05, 0) is 0 Å². The van der Waals surface area contributed by atoms with Crippen LogP contribution >= 0.6 is 0 Å². The third kappa shape index (κ3) is 6.04. The van der Waals surface area contributed by atoms with E-state index in [1.165, 1.54) is 50.5 Å². The zero-order chi connectivity index (χ0) is 13.1. The second-order valence-corrected chi connectivity index (χ2v) is 23.3. The molecule has 0 aromatic rings. The first-order chi connectivity index (χ1) is 8.16. The van der Waals surface area contributed by atoms with Crippen molar-refractivity contribution in [3.05, 3.63) is 9.71 Å². The molecule has 0 aliphatic carbocycles. The minimum absolute atomic E-state index is 1.05. The summed E-state index contributed by atoms with van der Waals surface area (Å²) in [6.45, 7) is 10.9. The van der Waals surface area contributed by atoms with Crippen molar-refractivity contribution < 1.29 is 0 Å². The van der Waals surface area contributed by atoms with Gasteiger partial charge in [0.1, 0.15) is 0 Å². The predicted octanol–water partition coefficient (Wildman–Crippen LogP) is 5.45. The molecule has 0 unspecified atom stereocenters. The summed E-state index contributed by atoms with van der Waals surface area (Å²) in [5.41, 5.74) is 0. The quantitative estimate of drug-likeness (QED) is 0.334. The molecule has 0 spiro atoms. The van der Waals surface area contributed by atoms with E-state index in [9.17, 15) is 5.26 Å². The van der Waals surface area contributed by atoms with Gasteiger partial charge in [-0.15, -0.1) is 0 Å². The van der Waals surface area contributed by atoms with Gasteiger partial charge in [-0.3, -0.25) is 0 Å². The molecule has 0 aliphatic heterocycles. The molecule has 0 aliphatic rings. The van der Waals surface area contributed by atoms with Crippen LogP contribution in [0.4, 0.5) is 0 Å². The fraction of sp³-hybridized carbons (Fsp3) is 0.800. The van der Waals surface area contributed by atoms with E-state index in [2.05, 4.69) is 33.4 Å². The van der Waals surface area contributed by atoms with Crippen molar-refractivity contribution >= 4 is 21.2 Å². The molecule has 0 bridgehead atoms. The molecular formula is C15H29NPb. The van der Waals surface area contributed by atoms with Gasteiger partial charge in [0, 0.05) is 0 Å². The van der Waals surface area contributed by atoms with Gasteiger partial charge in [0.25, 0.3) is 0 Å². The van der Waals surface area contributed by atoms with E-state index in [1.807, 2.05) is 0 Å². The SMILES string of the molecule is C=[C](C#N)[Pb]([CH2]CCC)([CH2]CCC)[CH2]CCC. The van der Waals surface area contributed by atoms with Crippen LogP contribution in [0.1, 0.15) is 59.3 Å². The van der Waals surface area contributed by atoms with Gasteiger partial charge in [0.15, 0.2) is 0 Å². The molecule has 0 radical (unpaired) electrons. The van der Waals surface area contributed by atoms with Crippen molar-refractivity contribution in [2.45, 2.75) is 71.2 Å². The topological polar surface area (TPSA) is 23.8 Å². The van der Waals surface area contributed by atoms with E-state index >= 15 is 0 Å². The van der Waals surface area contributed by atoms with Gasteiger partial charge >= 0.3 is 113 Å². The molecule has 2 heteroatoms. The van der Waals surface area contributed by atoms with E-state index in [0.29, 0.717) is 0 Å². The Morgan fingerprint density at radius 1 is 0.941 bits per heavy atom. The zero-order valence-electron chi connectivity index (χ0n) is 12.0. The van der Waals surface area contributed by atoms with E-state index in [1.54, 1.807) is 0 Å². The third-order valence-electron chi connectivity index (χ3n) is 3.80. The van der Waals surface area contributed by atoms with Gasteiger partial charge < -0.3 is 0 Å². The first-order valence-corrected chi connectivity index (χ1v) is 17.4. The summed E-state index contributed by atoms with van der Waals surface area (Å²) in [7, 11) is 0. The Labute approximate surface area is 113 Å². The molecule has 0 N–H and O–H groups in total. The number of allylic oxidation sites excluding steroid dienone is 1. The van der Waals surface area contributed by atoms with Crippen LogP contribution in [0.5, 0.6) is 0 Å². The van der Waals surface area contributed by atoms with E-state index in [0.717, 1.165) is 3.13 Å². The van der Waals surface area contributed by atoms with Crippen LogP contribution in [-0.2, 0) is 0 Å². The molecule has 0 aromatic heterocycles. The van der Waals surface area contributed by atoms with Gasteiger partial charge in [0.2, 0.25) is 0 Å². The molecule has 0 aromatic carbocycles. The van der Waals surface area contributed by atoms with Crippen LogP contribution in [0.25, 0.3) is 0 Å². The van der Waals surface area contributed by atoms with Gasteiger partial charge in [0.05, 0.1) is 0 Å². The van der Waals surface area contributed by atoms with Crippen molar-refractivity contribution in [3.8, 4) is 6.07 Å². The minimum atomic E-state index is -2.49. The summed E-state index contributed by atoms with van der Waals surface area (Å²) in [4.78, 5) is 0. The predicted molar refractivity (Wildman–Crippen MR) is 79.7 cm³/mol. The Morgan fingerprint density at radius 2 is 1.29 bits per heavy atom. The fourth-order valence-corrected chi connectivity index (χ4v) is 21.9. The summed E-state index contributed by atoms with van der Waals surface area (Å²) in [6, 6.07) is 2.44. The van der Waals surface area contributed by atoms with E-state index < -0.39 is 21.2 Å². The van der Waals surface area contributed by atoms with Crippen LogP contribution < -0.4 is 0 Å². The van der Waals surface area contributed by atoms with Crippen molar-refractivity contribution in [3.63, 3.8) is 0 Å². The molecule has 0 atom stereocenters. The molecule has 0 saturated heterocycles. The second-order valence-electron chi connectivity index (χ2n) is 5.18. The van der Waals surface area contributed by atoms with E-state index in [-0.39, 0.29) is 0 Å². The van der Waals surface area contributed by atoms with Crippen molar-refractivity contribution in [2.75, 3.05) is 0 Å². The summed E-state index contributed by atoms with van der Waals surface area (Å²) in [6.07, 6.45) is 7.73. The molecule has 0 fully saturated rings. The van der Waals surface area contributed by atoms with Crippen LogP contribution in [-0.4, -0.2) is 21.2 Å². The molecule has 1 nitrogen and oxygen atoms in total. The Bertz CT molecular complexity index is 230. The van der Waals surface area contributed by atoms with Crippen LogP contribution in [0, 0.1) is 11.3 Å². The summed E-state index contributed by atoms with van der Waals surface area (Å²) < 4.78 is 5.16. The number of hydrogen-bond acceptors (Lipinski definition) is 1. The maximum absolute atomic E-state index is 9.27. The normalized spacial score (nSPS) is 11.2. The van der Waals surface area contributed by atoms with Crippen LogP contribution in [0.15, 0.2) is 9.71 Å². The van der Waals surface area contributed by atoms with E-state index in [4.69, 9.17) is 0 Å². The maximum atomic E-state index is 9.27. The summed E-state index contributed by atoms with van der Waals surface area (Å²) in [5, 5.41) is 9.27. The Hall–Kier alpha value is 0.152. The van der Waals surface area contributed by atoms with Gasteiger partial charge in [-0.25, -0.2) is 0 Å². The van der Waals surface area contributed by atoms with Crippen LogP contribution in [0.2, 0.25) is 11.9 Å². The fourth-order valence-electron chi connectivity index (χ4n) is 2.49. The van der Waals surface area contributed by atoms with Gasteiger partial charge in [-0.2, -0.15) is 0 Å². The monoisotopic (exact) mass is 431 g/mol. The second kappa shape index (κ2) is 10.1. The first kappa shape index (κ1) is 17.2. The average Bonchev–Trinajstić information content (AvgIpc) is 2.37. The summed E-state index contributed by atoms with van der Waals surface area (Å²) in [5.74, 6) is 0. The summed E-state index contributed by atoms with van der Waals surface area (Å²) >= 11 is -2.49. The number of hydrogen-bond donors (Lipinski definition) is 0. The number of nitriles is 1. The standard InChI is InChI=1S/3C4H9.C3H2N.Pb/c3*1-3-4-2;1-2-3-4;/h3*1,3-4H2,2H3;1H2;. The Kier molecular flexibility index (Phi) is 10.2. The molecule has 0 heterocycles. The number of nitrogens with zero attached hydrogens (tertiary/aromatic N) is 1. The average molecular weight is 431 g/mol. The third-order valence-corrected chi connectivity index (χ3v) is 24.5. The first-order valence-electron chi connectivity index (χ1n) is 7.26. The zero-order valence-corrected chi connectivity index (χ0v) is 15.9. The number of unbranched alkanes of at least 4 members (excludes halogenated alkanes) is 3. The van der Waals surface area contributed by atoms with Crippen molar-refractivity contribution in [2.24, 2.45) is 0 Å².